The van der Waals surface area contributed by atoms with Crippen LogP contribution in [-0.2, 0) is 13.6 Å². The van der Waals surface area contributed by atoms with Crippen LogP contribution in [0, 0.1) is 0 Å². The Hall–Kier alpha value is -0.396. The van der Waals surface area contributed by atoms with Gasteiger partial charge in [-0.2, -0.15) is 0 Å². The maximum atomic E-state index is 11.3. The molecular weight excluding hydrogens is 224 g/mol. The van der Waals surface area contributed by atoms with Crippen molar-refractivity contribution in [3.05, 3.63) is 12.2 Å². The average Bonchev–Trinajstić information content (AvgIpc) is 2.10. The highest BCUT2D eigenvalue weighted by atomic mass is 28.4. The minimum Gasteiger partial charge on any atom is -0.460 e. The molecule has 15 heavy (non-hydrogen) atoms. The fourth-order valence-corrected chi connectivity index (χ4v) is 2.92. The van der Waals surface area contributed by atoms with E-state index in [1.165, 1.54) is 0 Å². The van der Waals surface area contributed by atoms with E-state index in [2.05, 4.69) is 26.2 Å². The normalized spacial score (nSPS) is 13.4. The van der Waals surface area contributed by atoms with Crippen LogP contribution in [0.4, 0.5) is 0 Å². The molecule has 86 valence electrons. The van der Waals surface area contributed by atoms with Crippen LogP contribution >= 0.6 is 0 Å². The zero-order valence-corrected chi connectivity index (χ0v) is 12.2. The third kappa shape index (κ3) is 7.52. The summed E-state index contributed by atoms with van der Waals surface area (Å²) in [7, 11) is -1.28. The lowest BCUT2D eigenvalue weighted by molar-refractivity contribution is -0.141. The summed E-state index contributed by atoms with van der Waals surface area (Å²) >= 11 is 0. The van der Waals surface area contributed by atoms with Crippen molar-refractivity contribution in [3.8, 4) is 0 Å². The van der Waals surface area contributed by atoms with E-state index < -0.39 is 8.32 Å². The number of rotatable bonds is 6. The van der Waals surface area contributed by atoms with E-state index in [1.54, 1.807) is 6.92 Å². The molecule has 0 aromatic carbocycles. The van der Waals surface area contributed by atoms with Crippen molar-refractivity contribution in [1.82, 2.24) is 0 Å². The third-order valence-electron chi connectivity index (χ3n) is 1.47. The van der Waals surface area contributed by atoms with E-state index in [-0.39, 0.29) is 21.5 Å². The molecule has 5 heteroatoms. The summed E-state index contributed by atoms with van der Waals surface area (Å²) in [6.45, 7) is 13.5. The van der Waals surface area contributed by atoms with Crippen LogP contribution < -0.4 is 0 Å². The standard InChI is InChI=1S/C10H20O3Si2/c1-7-9(12-10(11)8(2)3)14-13-15(4,5)6/h9H,2,7H2,1,3-6H3. The number of carbonyl (C=O) groups is 1. The molecule has 0 amide bonds. The fraction of sp³-hybridized carbons (Fsp3) is 0.700. The average molecular weight is 244 g/mol. The molecule has 1 unspecified atom stereocenters. The zero-order chi connectivity index (χ0) is 12.1. The predicted molar refractivity (Wildman–Crippen MR) is 65.2 cm³/mol. The van der Waals surface area contributed by atoms with Crippen molar-refractivity contribution in [1.29, 1.82) is 0 Å². The maximum Gasteiger partial charge on any atom is 0.333 e. The van der Waals surface area contributed by atoms with Crippen LogP contribution in [0.3, 0.4) is 0 Å². The summed E-state index contributed by atoms with van der Waals surface area (Å²) < 4.78 is 11.0. The molecule has 0 rings (SSSR count). The Bertz CT molecular complexity index is 233. The molecule has 2 radical (unpaired) electrons. The van der Waals surface area contributed by atoms with Crippen molar-refractivity contribution < 1.29 is 13.6 Å². The smallest absolute Gasteiger partial charge is 0.333 e. The molecule has 0 N–H and O–H groups in total. The first-order chi connectivity index (χ1) is 6.76. The molecule has 0 aliphatic heterocycles. The van der Waals surface area contributed by atoms with Crippen LogP contribution in [0.25, 0.3) is 0 Å². The van der Waals surface area contributed by atoms with Gasteiger partial charge in [-0.1, -0.05) is 13.5 Å². The second-order valence-electron chi connectivity index (χ2n) is 4.41. The van der Waals surface area contributed by atoms with Gasteiger partial charge < -0.3 is 8.85 Å². The Balaban J connectivity index is 4.04. The van der Waals surface area contributed by atoms with Gasteiger partial charge in [0.25, 0.3) is 9.76 Å². The Morgan fingerprint density at radius 3 is 2.33 bits per heavy atom. The summed E-state index contributed by atoms with van der Waals surface area (Å²) in [5.41, 5.74) is 0.312. The van der Waals surface area contributed by atoms with Gasteiger partial charge in [0.15, 0.2) is 8.32 Å². The van der Waals surface area contributed by atoms with Crippen LogP contribution in [0.2, 0.25) is 19.6 Å². The van der Waals surface area contributed by atoms with Gasteiger partial charge in [0.1, 0.15) is 5.73 Å². The second kappa shape index (κ2) is 6.24. The molecule has 0 saturated heterocycles. The molecule has 0 heterocycles. The third-order valence-corrected chi connectivity index (χ3v) is 5.17. The highest BCUT2D eigenvalue weighted by Crippen LogP contribution is 2.06. The maximum absolute atomic E-state index is 11.3. The lowest BCUT2D eigenvalue weighted by Crippen LogP contribution is -2.35. The van der Waals surface area contributed by atoms with Gasteiger partial charge >= 0.3 is 5.97 Å². The van der Waals surface area contributed by atoms with Crippen LogP contribution in [0.1, 0.15) is 20.3 Å². The lowest BCUT2D eigenvalue weighted by atomic mass is 10.4. The van der Waals surface area contributed by atoms with Crippen LogP contribution in [0.5, 0.6) is 0 Å². The van der Waals surface area contributed by atoms with Crippen LogP contribution in [-0.4, -0.2) is 29.8 Å². The Morgan fingerprint density at radius 1 is 1.47 bits per heavy atom. The minimum absolute atomic E-state index is 0.124. The summed E-state index contributed by atoms with van der Waals surface area (Å²) in [5, 5.41) is 0. The van der Waals surface area contributed by atoms with Crippen molar-refractivity contribution in [2.45, 2.75) is 45.6 Å². The predicted octanol–water partition coefficient (Wildman–Crippen LogP) is 2.31. The first-order valence-corrected chi connectivity index (χ1v) is 9.45. The summed E-state index contributed by atoms with van der Waals surface area (Å²) in [6, 6.07) is 0. The van der Waals surface area contributed by atoms with Crippen molar-refractivity contribution in [2.24, 2.45) is 0 Å². The summed E-state index contributed by atoms with van der Waals surface area (Å²) in [5.74, 6) is -0.325. The molecule has 0 fully saturated rings. The van der Waals surface area contributed by atoms with Gasteiger partial charge in [0, 0.05) is 5.57 Å². The molecule has 0 aromatic rings. The van der Waals surface area contributed by atoms with Crippen molar-refractivity contribution in [3.63, 3.8) is 0 Å². The largest absolute Gasteiger partial charge is 0.460 e. The molecule has 0 bridgehead atoms. The Kier molecular flexibility index (Phi) is 6.08. The Labute approximate surface area is 95.9 Å². The minimum atomic E-state index is -1.52. The van der Waals surface area contributed by atoms with Gasteiger partial charge in [-0.25, -0.2) is 4.79 Å². The van der Waals surface area contributed by atoms with E-state index in [4.69, 9.17) is 8.85 Å². The van der Waals surface area contributed by atoms with E-state index >= 15 is 0 Å². The quantitative estimate of drug-likeness (QED) is 0.409. The Morgan fingerprint density at radius 2 is 2.00 bits per heavy atom. The molecule has 0 spiro atoms. The number of hydrogen-bond donors (Lipinski definition) is 0. The SMILES string of the molecule is C=C(C)C(=O)OC(CC)[Si]O[Si](C)(C)C. The van der Waals surface area contributed by atoms with E-state index in [9.17, 15) is 4.79 Å². The van der Waals surface area contributed by atoms with Crippen molar-refractivity contribution >= 4 is 24.0 Å². The summed E-state index contributed by atoms with van der Waals surface area (Å²) in [6.07, 6.45) is 0.780. The highest BCUT2D eigenvalue weighted by Gasteiger charge is 2.21. The zero-order valence-electron chi connectivity index (χ0n) is 10.2. The van der Waals surface area contributed by atoms with E-state index in [0.717, 1.165) is 6.42 Å². The summed E-state index contributed by atoms with van der Waals surface area (Å²) in [4.78, 5) is 11.3. The van der Waals surface area contributed by atoms with Crippen LogP contribution in [0.15, 0.2) is 12.2 Å². The number of ether oxygens (including phenoxy) is 1. The van der Waals surface area contributed by atoms with E-state index in [0.29, 0.717) is 5.57 Å². The molecule has 3 nitrogen and oxygen atoms in total. The monoisotopic (exact) mass is 244 g/mol. The van der Waals surface area contributed by atoms with Gasteiger partial charge in [0.05, 0.1) is 0 Å². The first kappa shape index (κ1) is 14.6. The number of hydrogen-bond acceptors (Lipinski definition) is 3. The fourth-order valence-electron chi connectivity index (χ4n) is 0.663. The highest BCUT2D eigenvalue weighted by molar-refractivity contribution is 6.74. The molecular formula is C10H20O3Si2. The van der Waals surface area contributed by atoms with Gasteiger partial charge in [-0.3, -0.25) is 0 Å². The molecule has 0 aliphatic rings. The molecule has 0 saturated carbocycles. The molecule has 1 atom stereocenters. The first-order valence-electron chi connectivity index (χ1n) is 5.06. The number of carbonyl (C=O) groups excluding carboxylic acids is 1. The number of esters is 1. The lowest BCUT2D eigenvalue weighted by Gasteiger charge is -2.21. The van der Waals surface area contributed by atoms with E-state index in [1.807, 2.05) is 6.92 Å². The second-order valence-corrected chi connectivity index (χ2v) is 10.3. The van der Waals surface area contributed by atoms with Gasteiger partial charge in [-0.15, -0.1) is 0 Å². The van der Waals surface area contributed by atoms with Crippen molar-refractivity contribution in [2.75, 3.05) is 0 Å². The van der Waals surface area contributed by atoms with Gasteiger partial charge in [-0.05, 0) is 33.0 Å². The van der Waals surface area contributed by atoms with Gasteiger partial charge in [0.2, 0.25) is 0 Å². The molecule has 0 aliphatic carbocycles. The molecule has 0 aromatic heterocycles. The topological polar surface area (TPSA) is 35.5 Å².